The summed E-state index contributed by atoms with van der Waals surface area (Å²) in [5.74, 6) is 0.428. The van der Waals surface area contributed by atoms with Crippen LogP contribution in [0.2, 0.25) is 0 Å². The molecule has 0 atom stereocenters. The number of rotatable bonds is 7. The molecule has 4 aromatic carbocycles. The summed E-state index contributed by atoms with van der Waals surface area (Å²) in [6.45, 7) is 0. The van der Waals surface area contributed by atoms with Crippen molar-refractivity contribution in [2.45, 2.75) is 25.7 Å². The lowest BCUT2D eigenvalue weighted by molar-refractivity contribution is 0.468. The summed E-state index contributed by atoms with van der Waals surface area (Å²) in [7, 11) is 0. The first-order valence-electron chi connectivity index (χ1n) is 10.3. The maximum atomic E-state index is 11.2. The average Bonchev–Trinajstić information content (AvgIpc) is 2.79. The minimum atomic E-state index is 0.428. The van der Waals surface area contributed by atoms with E-state index in [4.69, 9.17) is 0 Å². The number of hydrogen-bond acceptors (Lipinski definition) is 1. The Morgan fingerprint density at radius 2 is 1.00 bits per heavy atom. The normalized spacial score (nSPS) is 10.8. The summed E-state index contributed by atoms with van der Waals surface area (Å²) in [6.07, 6.45) is 3.66. The molecule has 1 heteroatoms. The van der Waals surface area contributed by atoms with Crippen LogP contribution in [0.15, 0.2) is 103 Å². The summed E-state index contributed by atoms with van der Waals surface area (Å²) >= 11 is 0. The van der Waals surface area contributed by atoms with Gasteiger partial charge in [0.15, 0.2) is 0 Å². The predicted molar refractivity (Wildman–Crippen MR) is 121 cm³/mol. The molecule has 0 bridgehead atoms. The topological polar surface area (TPSA) is 20.2 Å². The van der Waals surface area contributed by atoms with E-state index in [1.54, 1.807) is 0 Å². The maximum absolute atomic E-state index is 11.2. The Kier molecular flexibility index (Phi) is 6.07. The second-order valence-electron chi connectivity index (χ2n) is 7.44. The minimum Gasteiger partial charge on any atom is -0.507 e. The molecular formula is C28H26O. The second kappa shape index (κ2) is 9.25. The van der Waals surface area contributed by atoms with Crippen molar-refractivity contribution < 1.29 is 5.11 Å². The second-order valence-corrected chi connectivity index (χ2v) is 7.44. The van der Waals surface area contributed by atoms with E-state index in [-0.39, 0.29) is 0 Å². The smallest absolute Gasteiger partial charge is 0.126 e. The van der Waals surface area contributed by atoms with Gasteiger partial charge in [-0.1, -0.05) is 103 Å². The highest BCUT2D eigenvalue weighted by Gasteiger charge is 2.14. The molecule has 4 rings (SSSR count). The molecule has 0 heterocycles. The van der Waals surface area contributed by atoms with Crippen LogP contribution in [0.1, 0.15) is 22.3 Å². The van der Waals surface area contributed by atoms with E-state index >= 15 is 0 Å². The van der Waals surface area contributed by atoms with Gasteiger partial charge in [-0.15, -0.1) is 0 Å². The van der Waals surface area contributed by atoms with Gasteiger partial charge in [-0.25, -0.2) is 0 Å². The van der Waals surface area contributed by atoms with Crippen molar-refractivity contribution in [1.29, 1.82) is 0 Å². The van der Waals surface area contributed by atoms with Crippen molar-refractivity contribution in [2.75, 3.05) is 0 Å². The highest BCUT2D eigenvalue weighted by Crippen LogP contribution is 2.35. The molecule has 4 aromatic rings. The van der Waals surface area contributed by atoms with E-state index in [0.717, 1.165) is 42.4 Å². The molecule has 1 nitrogen and oxygen atoms in total. The number of phenolic OH excluding ortho intramolecular Hbond substituents is 1. The third-order valence-corrected chi connectivity index (χ3v) is 5.50. The number of hydrogen-bond donors (Lipinski definition) is 1. The van der Waals surface area contributed by atoms with Crippen LogP contribution in [0.5, 0.6) is 5.75 Å². The minimum absolute atomic E-state index is 0.428. The molecule has 0 amide bonds. The fraction of sp³-hybridized carbons (Fsp3) is 0.143. The zero-order valence-corrected chi connectivity index (χ0v) is 16.6. The van der Waals surface area contributed by atoms with Crippen LogP contribution >= 0.6 is 0 Å². The van der Waals surface area contributed by atoms with E-state index in [1.807, 2.05) is 24.3 Å². The van der Waals surface area contributed by atoms with Gasteiger partial charge in [0.2, 0.25) is 0 Å². The first-order valence-corrected chi connectivity index (χ1v) is 10.3. The molecule has 144 valence electrons. The van der Waals surface area contributed by atoms with Gasteiger partial charge in [-0.05, 0) is 53.5 Å². The molecular weight excluding hydrogens is 352 g/mol. The summed E-state index contributed by atoms with van der Waals surface area (Å²) < 4.78 is 0. The molecule has 1 N–H and O–H groups in total. The van der Waals surface area contributed by atoms with Crippen molar-refractivity contribution in [3.63, 3.8) is 0 Å². The van der Waals surface area contributed by atoms with Gasteiger partial charge in [-0.2, -0.15) is 0 Å². The average molecular weight is 379 g/mol. The van der Waals surface area contributed by atoms with Crippen molar-refractivity contribution in [2.24, 2.45) is 0 Å². The standard InChI is InChI=1S/C28H26O/c29-28-26(20-17-23-12-6-2-7-13-23)25(18-16-22-10-4-1-5-11-22)19-21-27(28)24-14-8-3-9-15-24/h1-15,19,21,29H,16-18,20H2. The van der Waals surface area contributed by atoms with Crippen LogP contribution in [-0.2, 0) is 25.7 Å². The van der Waals surface area contributed by atoms with E-state index in [0.29, 0.717) is 5.75 Å². The largest absolute Gasteiger partial charge is 0.507 e. The van der Waals surface area contributed by atoms with Crippen molar-refractivity contribution in [3.05, 3.63) is 125 Å². The fourth-order valence-electron chi connectivity index (χ4n) is 3.88. The van der Waals surface area contributed by atoms with Crippen LogP contribution < -0.4 is 0 Å². The van der Waals surface area contributed by atoms with Gasteiger partial charge in [0.25, 0.3) is 0 Å². The van der Waals surface area contributed by atoms with Gasteiger partial charge in [-0.3, -0.25) is 0 Å². The van der Waals surface area contributed by atoms with Gasteiger partial charge < -0.3 is 5.11 Å². The molecule has 0 saturated carbocycles. The van der Waals surface area contributed by atoms with E-state index in [2.05, 4.69) is 78.9 Å². The fourth-order valence-corrected chi connectivity index (χ4v) is 3.88. The molecule has 0 spiro atoms. The SMILES string of the molecule is Oc1c(-c2ccccc2)ccc(CCc2ccccc2)c1CCc1ccccc1. The first-order chi connectivity index (χ1) is 14.3. The van der Waals surface area contributed by atoms with Gasteiger partial charge >= 0.3 is 0 Å². The Bertz CT molecular complexity index is 1040. The Hall–Kier alpha value is -3.32. The molecule has 0 unspecified atom stereocenters. The Morgan fingerprint density at radius 1 is 0.483 bits per heavy atom. The lowest BCUT2D eigenvalue weighted by atomic mass is 9.91. The monoisotopic (exact) mass is 378 g/mol. The van der Waals surface area contributed by atoms with Crippen LogP contribution in [0, 0.1) is 0 Å². The van der Waals surface area contributed by atoms with Crippen molar-refractivity contribution >= 4 is 0 Å². The molecule has 29 heavy (non-hydrogen) atoms. The van der Waals surface area contributed by atoms with Crippen molar-refractivity contribution in [1.82, 2.24) is 0 Å². The summed E-state index contributed by atoms with van der Waals surface area (Å²) in [5, 5.41) is 11.2. The van der Waals surface area contributed by atoms with Crippen LogP contribution in [0.4, 0.5) is 0 Å². The number of aryl methyl sites for hydroxylation is 3. The van der Waals surface area contributed by atoms with E-state index in [9.17, 15) is 5.11 Å². The quantitative estimate of drug-likeness (QED) is 0.383. The zero-order valence-electron chi connectivity index (χ0n) is 16.6. The molecule has 0 fully saturated rings. The third-order valence-electron chi connectivity index (χ3n) is 5.50. The van der Waals surface area contributed by atoms with Crippen LogP contribution in [0.3, 0.4) is 0 Å². The van der Waals surface area contributed by atoms with Gasteiger partial charge in [0.1, 0.15) is 5.75 Å². The highest BCUT2D eigenvalue weighted by molar-refractivity contribution is 5.72. The van der Waals surface area contributed by atoms with Gasteiger partial charge in [0.05, 0.1) is 0 Å². The highest BCUT2D eigenvalue weighted by atomic mass is 16.3. The molecule has 0 aliphatic carbocycles. The number of benzene rings is 4. The molecule has 0 aliphatic rings. The Morgan fingerprint density at radius 3 is 1.59 bits per heavy atom. The lowest BCUT2D eigenvalue weighted by Crippen LogP contribution is -2.01. The van der Waals surface area contributed by atoms with Crippen LogP contribution in [0.25, 0.3) is 11.1 Å². The van der Waals surface area contributed by atoms with E-state index in [1.165, 1.54) is 16.7 Å². The zero-order chi connectivity index (χ0) is 19.9. The summed E-state index contributed by atoms with van der Waals surface area (Å²) in [6, 6.07) is 35.5. The number of phenols is 1. The molecule has 0 radical (unpaired) electrons. The Labute approximate surface area is 173 Å². The third kappa shape index (κ3) is 4.75. The molecule has 0 saturated heterocycles. The first kappa shape index (κ1) is 19.0. The Balaban J connectivity index is 1.64. The lowest BCUT2D eigenvalue weighted by Gasteiger charge is -2.16. The maximum Gasteiger partial charge on any atom is 0.126 e. The predicted octanol–water partition coefficient (Wildman–Crippen LogP) is 6.63. The number of aromatic hydroxyl groups is 1. The summed E-state index contributed by atoms with van der Waals surface area (Å²) in [4.78, 5) is 0. The van der Waals surface area contributed by atoms with Crippen molar-refractivity contribution in [3.8, 4) is 16.9 Å². The summed E-state index contributed by atoms with van der Waals surface area (Å²) in [5.41, 5.74) is 6.91. The van der Waals surface area contributed by atoms with E-state index < -0.39 is 0 Å². The molecule has 0 aromatic heterocycles. The molecule has 0 aliphatic heterocycles. The van der Waals surface area contributed by atoms with Crippen LogP contribution in [-0.4, -0.2) is 5.11 Å². The van der Waals surface area contributed by atoms with Gasteiger partial charge in [0, 0.05) is 5.56 Å².